The van der Waals surface area contributed by atoms with E-state index >= 15 is 0 Å². The second kappa shape index (κ2) is 37.3. The van der Waals surface area contributed by atoms with E-state index < -0.39 is 24.4 Å². The van der Waals surface area contributed by atoms with Crippen molar-refractivity contribution in [2.75, 3.05) is 28.4 Å². The molecule has 96 heavy (non-hydrogen) atoms. The maximum absolute atomic E-state index is 10.8. The largest absolute Gasteiger partial charge is 2.00 e. The topological polar surface area (TPSA) is 383 Å². The Kier molecular flexibility index (Phi) is 30.8. The zero-order valence-electron chi connectivity index (χ0n) is 51.4. The molecule has 0 saturated carbocycles. The summed E-state index contributed by atoms with van der Waals surface area (Å²) in [5.74, 6) is 0. The van der Waals surface area contributed by atoms with Gasteiger partial charge in [-0.15, -0.1) is 0 Å². The van der Waals surface area contributed by atoms with E-state index in [4.69, 9.17) is 32.9 Å². The van der Waals surface area contributed by atoms with Gasteiger partial charge in [0.05, 0.1) is 73.5 Å². The predicted octanol–water partition coefficient (Wildman–Crippen LogP) is 11.7. The Balaban J connectivity index is 0.000000263. The van der Waals surface area contributed by atoms with Crippen molar-refractivity contribution in [2.45, 2.75) is 51.4 Å². The molecule has 6 aromatic carbocycles. The van der Waals surface area contributed by atoms with Crippen LogP contribution in [0, 0.1) is 0 Å². The first-order valence-electron chi connectivity index (χ1n) is 28.0. The first kappa shape index (κ1) is 79.2. The van der Waals surface area contributed by atoms with E-state index in [2.05, 4.69) is 146 Å². The fraction of sp³-hybridized carbons (Fsp3) is 0.188. The van der Waals surface area contributed by atoms with Gasteiger partial charge in [0.2, 0.25) is 24.4 Å². The summed E-state index contributed by atoms with van der Waals surface area (Å²) in [6, 6.07) is 43.3. The molecule has 4 aliphatic carbocycles. The van der Waals surface area contributed by atoms with E-state index in [0.717, 1.165) is 148 Å². The standard InChI is InChI=1S/2C28H20N4O2P2.4C2H5NO2.4V/c33-13-35-27-29-23-9-4-18-12-16(2-6-20(18)25(23)31-27)15-1-5-19-17(11-15)3-7-22-21(19)8-10-24-26(22)32-28(30-24)36-14-34;33-13-35-27-29-23-7-4-18-9-16(3-6-21(18)25(23)31-27)15-1-2-17-12-22-19(11-20(17)10-15)5-8-24-26(22)32-28(30-24)36-14-34;4*1-5-2(3)4;;;;/h1-3,5-7,11-12,35-36H,4,8-10H2,(H,29,31)(H,30,32);1-3,6,9-12,35-36H,4-5,7-8H2,(H,29,31)(H,30,32);4*1H3,(H2,3,4);;;;/q2*-2;;;;;4*+2/p-4. The fourth-order valence-corrected chi connectivity index (χ4v) is 13.1. The van der Waals surface area contributed by atoms with Crippen LogP contribution in [0.2, 0.25) is 0 Å². The number of methoxy groups -OCH3 is 4. The fourth-order valence-electron chi connectivity index (χ4n) is 11.2. The molecule has 0 saturated heterocycles. The molecule has 4 aromatic heterocycles. The van der Waals surface area contributed by atoms with Gasteiger partial charge in [-0.3, -0.25) is 19.2 Å². The summed E-state index contributed by atoms with van der Waals surface area (Å²) in [4.78, 5) is 112. The molecule has 4 heterocycles. The zero-order valence-corrected chi connectivity index (χ0v) is 61.0. The van der Waals surface area contributed by atoms with Gasteiger partial charge in [-0.2, -0.15) is 34.3 Å². The molecule has 32 heteroatoms. The Morgan fingerprint density at radius 3 is 1.05 bits per heavy atom. The monoisotopic (exact) mass is 1510 g/mol. The Labute approximate surface area is 605 Å². The summed E-state index contributed by atoms with van der Waals surface area (Å²) < 4.78 is 15.1. The molecule has 14 rings (SSSR count). The van der Waals surface area contributed by atoms with Gasteiger partial charge in [-0.1, -0.05) is 78.9 Å². The van der Waals surface area contributed by atoms with Gasteiger partial charge in [-0.05, 0) is 136 Å². The first-order chi connectivity index (χ1) is 44.5. The number of aryl methyl sites for hydroxylation is 8. The summed E-state index contributed by atoms with van der Waals surface area (Å²) >= 11 is 0. The van der Waals surface area contributed by atoms with Crippen LogP contribution in [0.15, 0.2) is 97.1 Å². The first-order valence-corrected chi connectivity index (χ1v) is 32.0. The molecule has 0 aliphatic heterocycles. The number of carbonyl (C=O) groups is 4. The van der Waals surface area contributed by atoms with Crippen LogP contribution < -0.4 is 22.3 Å². The molecule has 4 unspecified atom stereocenters. The molecule has 0 fully saturated rings. The van der Waals surface area contributed by atoms with Crippen LogP contribution >= 0.6 is 34.3 Å². The quantitative estimate of drug-likeness (QED) is 0.0561. The molecule has 4 aliphatic rings. The third-order valence-corrected chi connectivity index (χ3v) is 17.5. The molecule has 484 valence electrons. The number of nitrogens with zero attached hydrogens (tertiary/aromatic N) is 4. The molecule has 4 atom stereocenters. The number of hydrogen-bond donors (Lipinski definition) is 4. The summed E-state index contributed by atoms with van der Waals surface area (Å²) in [5.41, 5.74) is 49.6. The number of hydrogen-bond acceptors (Lipinski definition) is 16. The van der Waals surface area contributed by atoms with Crippen LogP contribution in [0.3, 0.4) is 0 Å². The van der Waals surface area contributed by atoms with Crippen molar-refractivity contribution in [3.05, 3.63) is 165 Å². The van der Waals surface area contributed by atoms with Gasteiger partial charge in [0.1, 0.15) is 0 Å². The molecule has 8 N–H and O–H groups in total. The van der Waals surface area contributed by atoms with Gasteiger partial charge < -0.3 is 81.0 Å². The van der Waals surface area contributed by atoms with Crippen LogP contribution in [0.25, 0.3) is 112 Å². The summed E-state index contributed by atoms with van der Waals surface area (Å²) in [6.45, 7) is 0. The number of aromatic nitrogens is 8. The van der Waals surface area contributed by atoms with Crippen LogP contribution in [0.1, 0.15) is 45.0 Å². The van der Waals surface area contributed by atoms with E-state index in [1.807, 2.05) is 24.1 Å². The van der Waals surface area contributed by atoms with Crippen molar-refractivity contribution in [1.29, 1.82) is 0 Å². The summed E-state index contributed by atoms with van der Waals surface area (Å²) in [6.07, 6.45) is 3.40. The molecular weight excluding hydrogens is 1460 g/mol. The van der Waals surface area contributed by atoms with Crippen LogP contribution in [-0.4, -0.2) is 117 Å². The molecule has 0 spiro atoms. The van der Waals surface area contributed by atoms with Crippen molar-refractivity contribution in [3.8, 4) is 67.3 Å². The molecule has 4 radical (unpaired) electrons. The zero-order chi connectivity index (χ0) is 65.6. The van der Waals surface area contributed by atoms with Crippen molar-refractivity contribution >= 4 is 127 Å². The maximum Gasteiger partial charge on any atom is 2.00 e. The Hall–Kier alpha value is -7.50. The number of benzene rings is 6. The molecular formula is C64H56N12O12P4V4. The maximum atomic E-state index is 10.8. The van der Waals surface area contributed by atoms with Gasteiger partial charge in [-0.25, -0.2) is 44.0 Å². The predicted molar refractivity (Wildman–Crippen MR) is 360 cm³/mol. The number of nitrogens with one attached hydrogen (secondary N) is 8. The summed E-state index contributed by atoms with van der Waals surface area (Å²) in [5, 5.41) is 4.88. The smallest absolute Gasteiger partial charge is 0.632 e. The third kappa shape index (κ3) is 19.2. The van der Waals surface area contributed by atoms with Crippen LogP contribution in [-0.2, 0) is 164 Å². The van der Waals surface area contributed by atoms with Crippen molar-refractivity contribution < 1.29 is 132 Å². The second-order valence-electron chi connectivity index (χ2n) is 20.4. The number of carbonyl (C=O) groups excluding carboxylic acids is 8. The number of rotatable bonds is 10. The SMILES string of the molecule is COC([NH-])=O.COC([NH-])=O.COC([NH-])=O.COC([NH-])=O.O=[C-]Pc1nc2c([nH]1)CCc1cc(-c3ccc4c5c(ccc4c3)-c3nc(P[C-]=O)[nH]c3CC5)ccc1-2.O=[C-]Pc1nc2c([nH]1)CCc1cc(-c3ccc4cc5c(cc4c3)CCc3[nH]c(P[C-]=O)nc3-5)ccc1-2.[V+2].[V+2].[V+2].[V+2]. The molecule has 24 nitrogen and oxygen atoms in total. The Bertz CT molecular complexity index is 4270. The minimum atomic E-state index is -0.995. The minimum Gasteiger partial charge on any atom is -0.632 e. The Morgan fingerprint density at radius 2 is 0.667 bits per heavy atom. The van der Waals surface area contributed by atoms with E-state index in [1.54, 1.807) is 0 Å². The third-order valence-electron chi connectivity index (χ3n) is 15.2. The van der Waals surface area contributed by atoms with Crippen molar-refractivity contribution in [1.82, 2.24) is 39.9 Å². The van der Waals surface area contributed by atoms with Gasteiger partial charge in [0.25, 0.3) is 0 Å². The average molecular weight is 1510 g/mol. The number of amides is 4. The molecule has 10 aromatic rings. The van der Waals surface area contributed by atoms with Gasteiger partial charge >= 0.3 is 74.2 Å². The number of H-pyrrole nitrogens is 4. The molecule has 4 amide bonds. The van der Waals surface area contributed by atoms with Crippen LogP contribution in [0.4, 0.5) is 19.2 Å². The average Bonchev–Trinajstić information content (AvgIpc) is 1.32. The number of aromatic amines is 4. The number of imidazole rings is 4. The van der Waals surface area contributed by atoms with E-state index in [1.165, 1.54) is 66.1 Å². The number of fused-ring (bicyclic) bond motifs is 15. The summed E-state index contributed by atoms with van der Waals surface area (Å²) in [7, 11) is 4.41. The normalized spacial score (nSPS) is 12.0. The van der Waals surface area contributed by atoms with E-state index in [9.17, 15) is 38.4 Å². The van der Waals surface area contributed by atoms with Crippen LogP contribution in [0.5, 0.6) is 0 Å². The van der Waals surface area contributed by atoms with E-state index in [-0.39, 0.29) is 109 Å². The molecule has 0 bridgehead atoms. The minimum absolute atomic E-state index is 0. The van der Waals surface area contributed by atoms with Crippen molar-refractivity contribution in [2.24, 2.45) is 0 Å². The second-order valence-corrected chi connectivity index (χ2v) is 24.1. The van der Waals surface area contributed by atoms with Crippen molar-refractivity contribution in [3.63, 3.8) is 0 Å². The van der Waals surface area contributed by atoms with Gasteiger partial charge in [0.15, 0.2) is 0 Å². The van der Waals surface area contributed by atoms with Gasteiger partial charge in [0, 0.05) is 45.0 Å². The number of ether oxygens (including phenoxy) is 4. The van der Waals surface area contributed by atoms with E-state index in [0.29, 0.717) is 22.3 Å². The Morgan fingerprint density at radius 1 is 0.365 bits per heavy atom.